The Morgan fingerprint density at radius 1 is 1.27 bits per heavy atom. The zero-order valence-electron chi connectivity index (χ0n) is 14.2. The van der Waals surface area contributed by atoms with Crippen molar-refractivity contribution >= 4 is 46.0 Å². The number of carbonyl (C=O) groups is 2. The molecule has 0 aliphatic carbocycles. The van der Waals surface area contributed by atoms with Crippen LogP contribution in [0.15, 0.2) is 41.3 Å². The molecule has 0 unspecified atom stereocenters. The van der Waals surface area contributed by atoms with Crippen molar-refractivity contribution in [2.24, 2.45) is 0 Å². The Bertz CT molecular complexity index is 787. The van der Waals surface area contributed by atoms with Crippen LogP contribution in [0.25, 0.3) is 10.8 Å². The van der Waals surface area contributed by atoms with Crippen molar-refractivity contribution in [2.75, 3.05) is 25.5 Å². The molecule has 1 aliphatic heterocycles. The van der Waals surface area contributed by atoms with Crippen LogP contribution in [0.3, 0.4) is 0 Å². The zero-order valence-corrected chi connectivity index (χ0v) is 15.8. The Hall–Kier alpha value is -1.76. The van der Waals surface area contributed by atoms with Gasteiger partial charge in [-0.1, -0.05) is 35.9 Å². The maximum absolute atomic E-state index is 11.9. The first-order chi connectivity index (χ1) is 12.6. The van der Waals surface area contributed by atoms with Crippen LogP contribution in [0.5, 0.6) is 0 Å². The molecule has 138 valence electrons. The number of thioether (sulfide) groups is 1. The van der Waals surface area contributed by atoms with E-state index >= 15 is 0 Å². The van der Waals surface area contributed by atoms with Crippen LogP contribution in [0.1, 0.15) is 12.8 Å². The molecule has 1 saturated heterocycles. The fourth-order valence-corrected chi connectivity index (χ4v) is 4.03. The summed E-state index contributed by atoms with van der Waals surface area (Å²) in [5.74, 6) is -0.637. The van der Waals surface area contributed by atoms with Crippen LogP contribution in [0, 0.1) is 0 Å². The number of esters is 1. The predicted molar refractivity (Wildman–Crippen MR) is 103 cm³/mol. The minimum Gasteiger partial charge on any atom is -0.455 e. The van der Waals surface area contributed by atoms with Gasteiger partial charge in [-0.25, -0.2) is 0 Å². The maximum atomic E-state index is 11.9. The highest BCUT2D eigenvalue weighted by atomic mass is 35.5. The van der Waals surface area contributed by atoms with Crippen LogP contribution in [-0.2, 0) is 19.1 Å². The molecular weight excluding hydrogens is 374 g/mol. The standard InChI is InChI=1S/C19H20ClNO4S/c20-15-7-1-4-13-5-2-8-16(19(13)15)26-12-18(23)25-11-17(22)21-10-14-6-3-9-24-14/h1-2,4-5,7-8,14H,3,6,9-12H2,(H,21,22)/t14-/m1/s1. The first kappa shape index (κ1) is 19.0. The number of carbonyl (C=O) groups excluding carboxylic acids is 2. The molecule has 1 amide bonds. The van der Waals surface area contributed by atoms with E-state index in [1.54, 1.807) is 0 Å². The van der Waals surface area contributed by atoms with Gasteiger partial charge in [-0.15, -0.1) is 11.8 Å². The molecule has 3 rings (SSSR count). The van der Waals surface area contributed by atoms with E-state index in [1.807, 2.05) is 36.4 Å². The minimum absolute atomic E-state index is 0.0707. The van der Waals surface area contributed by atoms with Crippen LogP contribution in [-0.4, -0.2) is 43.5 Å². The van der Waals surface area contributed by atoms with Crippen molar-refractivity contribution in [2.45, 2.75) is 23.8 Å². The van der Waals surface area contributed by atoms with Crippen molar-refractivity contribution in [1.29, 1.82) is 0 Å². The molecule has 1 N–H and O–H groups in total. The lowest BCUT2D eigenvalue weighted by molar-refractivity contribution is -0.146. The zero-order chi connectivity index (χ0) is 18.4. The van der Waals surface area contributed by atoms with Crippen molar-refractivity contribution in [1.82, 2.24) is 5.32 Å². The van der Waals surface area contributed by atoms with Crippen LogP contribution in [0.4, 0.5) is 0 Å². The van der Waals surface area contributed by atoms with Gasteiger partial charge in [0.1, 0.15) is 0 Å². The first-order valence-corrected chi connectivity index (χ1v) is 9.84. The van der Waals surface area contributed by atoms with E-state index in [4.69, 9.17) is 21.1 Å². The lowest BCUT2D eigenvalue weighted by atomic mass is 10.1. The molecule has 0 radical (unpaired) electrons. The van der Waals surface area contributed by atoms with Crippen LogP contribution in [0.2, 0.25) is 5.02 Å². The van der Waals surface area contributed by atoms with Crippen molar-refractivity contribution in [3.8, 4) is 0 Å². The normalized spacial score (nSPS) is 16.6. The number of hydrogen-bond acceptors (Lipinski definition) is 5. The summed E-state index contributed by atoms with van der Waals surface area (Å²) in [5, 5.41) is 5.30. The molecule has 1 heterocycles. The number of halogens is 1. The molecule has 0 bridgehead atoms. The quantitative estimate of drug-likeness (QED) is 0.576. The Morgan fingerprint density at radius 3 is 2.85 bits per heavy atom. The lowest BCUT2D eigenvalue weighted by Crippen LogP contribution is -2.35. The third kappa shape index (κ3) is 5.13. The van der Waals surface area contributed by atoms with Crippen LogP contribution < -0.4 is 5.32 Å². The highest BCUT2D eigenvalue weighted by Crippen LogP contribution is 2.33. The maximum Gasteiger partial charge on any atom is 0.316 e. The molecule has 0 saturated carbocycles. The number of rotatable bonds is 7. The minimum atomic E-state index is -0.439. The van der Waals surface area contributed by atoms with Gasteiger partial charge in [0.05, 0.1) is 11.9 Å². The fraction of sp³-hybridized carbons (Fsp3) is 0.368. The van der Waals surface area contributed by atoms with Crippen molar-refractivity contribution in [3.05, 3.63) is 41.4 Å². The van der Waals surface area contributed by atoms with E-state index in [0.29, 0.717) is 11.6 Å². The summed E-state index contributed by atoms with van der Waals surface area (Å²) in [5.41, 5.74) is 0. The largest absolute Gasteiger partial charge is 0.455 e. The summed E-state index contributed by atoms with van der Waals surface area (Å²) in [6.45, 7) is 0.924. The average Bonchev–Trinajstić information content (AvgIpc) is 3.16. The monoisotopic (exact) mass is 393 g/mol. The van der Waals surface area contributed by atoms with E-state index in [-0.39, 0.29) is 24.4 Å². The molecule has 5 nitrogen and oxygen atoms in total. The van der Waals surface area contributed by atoms with E-state index in [1.165, 1.54) is 11.8 Å². The molecule has 2 aromatic rings. The number of nitrogens with one attached hydrogen (secondary N) is 1. The number of fused-ring (bicyclic) bond motifs is 1. The van der Waals surface area contributed by atoms with Gasteiger partial charge in [-0.3, -0.25) is 9.59 Å². The van der Waals surface area contributed by atoms with Gasteiger partial charge in [0.25, 0.3) is 5.91 Å². The Balaban J connectivity index is 1.45. The Kier molecular flexibility index (Phi) is 6.77. The van der Waals surface area contributed by atoms with E-state index in [2.05, 4.69) is 5.32 Å². The molecule has 0 aromatic heterocycles. The average molecular weight is 394 g/mol. The van der Waals surface area contributed by atoms with Gasteiger partial charge >= 0.3 is 5.97 Å². The number of ether oxygens (including phenoxy) is 2. The second-order valence-electron chi connectivity index (χ2n) is 5.98. The second kappa shape index (κ2) is 9.26. The molecular formula is C19H20ClNO4S. The van der Waals surface area contributed by atoms with E-state index in [0.717, 1.165) is 35.1 Å². The summed E-state index contributed by atoms with van der Waals surface area (Å²) in [6, 6.07) is 11.5. The SMILES string of the molecule is O=C(COC(=O)CSc1cccc2cccc(Cl)c12)NC[C@H]1CCCO1. The Morgan fingerprint density at radius 2 is 2.08 bits per heavy atom. The first-order valence-electron chi connectivity index (χ1n) is 8.47. The molecule has 26 heavy (non-hydrogen) atoms. The summed E-state index contributed by atoms with van der Waals surface area (Å²) < 4.78 is 10.5. The lowest BCUT2D eigenvalue weighted by Gasteiger charge is -2.11. The van der Waals surface area contributed by atoms with Gasteiger partial charge in [0, 0.05) is 28.5 Å². The van der Waals surface area contributed by atoms with E-state index in [9.17, 15) is 9.59 Å². The summed E-state index contributed by atoms with van der Waals surface area (Å²) in [7, 11) is 0. The topological polar surface area (TPSA) is 64.6 Å². The summed E-state index contributed by atoms with van der Waals surface area (Å²) in [4.78, 5) is 24.6. The number of benzene rings is 2. The van der Waals surface area contributed by atoms with Crippen LogP contribution >= 0.6 is 23.4 Å². The van der Waals surface area contributed by atoms with Gasteiger partial charge in [-0.05, 0) is 30.4 Å². The van der Waals surface area contributed by atoms with Crippen molar-refractivity contribution in [3.63, 3.8) is 0 Å². The molecule has 2 aromatic carbocycles. The Labute approximate surface area is 161 Å². The van der Waals surface area contributed by atoms with Gasteiger partial charge < -0.3 is 14.8 Å². The summed E-state index contributed by atoms with van der Waals surface area (Å²) >= 11 is 7.62. The van der Waals surface area contributed by atoms with Gasteiger partial charge in [0.2, 0.25) is 0 Å². The second-order valence-corrected chi connectivity index (χ2v) is 7.41. The molecule has 7 heteroatoms. The highest BCUT2D eigenvalue weighted by Gasteiger charge is 2.17. The smallest absolute Gasteiger partial charge is 0.316 e. The summed E-state index contributed by atoms with van der Waals surface area (Å²) in [6.07, 6.45) is 2.04. The molecule has 1 aliphatic rings. The van der Waals surface area contributed by atoms with E-state index < -0.39 is 5.97 Å². The van der Waals surface area contributed by atoms with Gasteiger partial charge in [0.15, 0.2) is 6.61 Å². The fourth-order valence-electron chi connectivity index (χ4n) is 2.79. The highest BCUT2D eigenvalue weighted by molar-refractivity contribution is 8.00. The predicted octanol–water partition coefficient (Wildman–Crippen LogP) is 3.42. The third-order valence-electron chi connectivity index (χ3n) is 4.08. The molecule has 0 spiro atoms. The van der Waals surface area contributed by atoms with Gasteiger partial charge in [-0.2, -0.15) is 0 Å². The molecule has 1 atom stereocenters. The number of amides is 1. The third-order valence-corrected chi connectivity index (χ3v) is 5.42. The van der Waals surface area contributed by atoms with Crippen molar-refractivity contribution < 1.29 is 19.1 Å². The number of hydrogen-bond donors (Lipinski definition) is 1. The molecule has 1 fully saturated rings.